The first-order valence-corrected chi connectivity index (χ1v) is 8.03. The van der Waals surface area contributed by atoms with E-state index in [4.69, 9.17) is 4.74 Å². The van der Waals surface area contributed by atoms with Crippen molar-refractivity contribution in [3.63, 3.8) is 0 Å². The Morgan fingerprint density at radius 1 is 1.10 bits per heavy atom. The van der Waals surface area contributed by atoms with E-state index in [1.165, 1.54) is 18.4 Å². The van der Waals surface area contributed by atoms with Crippen molar-refractivity contribution < 1.29 is 13.2 Å². The number of hydrogen-bond donors (Lipinski definition) is 0. The Morgan fingerprint density at radius 3 is 2.55 bits per heavy atom. The van der Waals surface area contributed by atoms with Gasteiger partial charge in [-0.2, -0.15) is 0 Å². The lowest BCUT2D eigenvalue weighted by Crippen LogP contribution is -2.12. The third-order valence-electron chi connectivity index (χ3n) is 3.09. The van der Waals surface area contributed by atoms with Gasteiger partial charge in [-0.15, -0.1) is 0 Å². The maximum absolute atomic E-state index is 11.5. The lowest BCUT2D eigenvalue weighted by Gasteiger charge is -2.21. The van der Waals surface area contributed by atoms with E-state index in [1.807, 2.05) is 30.3 Å². The number of rotatable bonds is 2. The second-order valence-corrected chi connectivity index (χ2v) is 6.64. The van der Waals surface area contributed by atoms with Gasteiger partial charge in [0.1, 0.15) is 11.4 Å². The summed E-state index contributed by atoms with van der Waals surface area (Å²) in [6.07, 6.45) is 2.62. The summed E-state index contributed by atoms with van der Waals surface area (Å²) in [4.78, 5) is 4.56. The van der Waals surface area contributed by atoms with E-state index >= 15 is 0 Å². The average molecular weight is 287 g/mol. The Kier molecular flexibility index (Phi) is 3.06. The topological polar surface area (TPSA) is 55.7 Å². The highest BCUT2D eigenvalue weighted by Gasteiger charge is 2.19. The van der Waals surface area contributed by atoms with Gasteiger partial charge in [0.15, 0.2) is 15.9 Å². The van der Waals surface area contributed by atoms with E-state index in [0.29, 0.717) is 11.4 Å². The van der Waals surface area contributed by atoms with E-state index in [2.05, 4.69) is 4.99 Å². The number of nitrogens with zero attached hydrogens (tertiary/aromatic N) is 1. The van der Waals surface area contributed by atoms with Crippen molar-refractivity contribution in [3.05, 3.63) is 54.1 Å². The Morgan fingerprint density at radius 2 is 1.85 bits per heavy atom. The zero-order valence-electron chi connectivity index (χ0n) is 10.9. The molecule has 1 atom stereocenters. The predicted octanol–water partition coefficient (Wildman–Crippen LogP) is 2.93. The smallest absolute Gasteiger partial charge is 0.175 e. The SMILES string of the molecule is CS(=O)(=O)c1ccc2c(c1)N=CC(c1ccccc1)O2. The number of hydrogen-bond acceptors (Lipinski definition) is 4. The maximum atomic E-state index is 11.5. The van der Waals surface area contributed by atoms with Crippen LogP contribution in [-0.4, -0.2) is 20.9 Å². The van der Waals surface area contributed by atoms with E-state index in [1.54, 1.807) is 12.3 Å². The number of benzene rings is 2. The first-order chi connectivity index (χ1) is 9.54. The second-order valence-electron chi connectivity index (χ2n) is 4.63. The number of aliphatic imine (C=N–C) groups is 1. The van der Waals surface area contributed by atoms with Crippen LogP contribution in [0.4, 0.5) is 5.69 Å². The van der Waals surface area contributed by atoms with Crippen LogP contribution >= 0.6 is 0 Å². The van der Waals surface area contributed by atoms with Crippen LogP contribution in [0.2, 0.25) is 0 Å². The molecule has 0 aliphatic carbocycles. The average Bonchev–Trinajstić information content (AvgIpc) is 2.46. The van der Waals surface area contributed by atoms with Crippen molar-refractivity contribution in [2.75, 3.05) is 6.26 Å². The fraction of sp³-hybridized carbons (Fsp3) is 0.133. The van der Waals surface area contributed by atoms with Gasteiger partial charge in [0.25, 0.3) is 0 Å². The van der Waals surface area contributed by atoms with Gasteiger partial charge in [0.05, 0.1) is 11.1 Å². The molecule has 1 aliphatic rings. The minimum Gasteiger partial charge on any atom is -0.478 e. The molecule has 102 valence electrons. The first-order valence-electron chi connectivity index (χ1n) is 6.14. The normalized spacial score (nSPS) is 17.4. The van der Waals surface area contributed by atoms with Crippen molar-refractivity contribution in [2.45, 2.75) is 11.0 Å². The van der Waals surface area contributed by atoms with Gasteiger partial charge in [0, 0.05) is 6.26 Å². The van der Waals surface area contributed by atoms with Crippen LogP contribution in [0.5, 0.6) is 5.75 Å². The third-order valence-corrected chi connectivity index (χ3v) is 4.20. The lowest BCUT2D eigenvalue weighted by molar-refractivity contribution is 0.274. The second kappa shape index (κ2) is 4.76. The Balaban J connectivity index is 1.95. The van der Waals surface area contributed by atoms with Gasteiger partial charge in [-0.25, -0.2) is 8.42 Å². The maximum Gasteiger partial charge on any atom is 0.175 e. The van der Waals surface area contributed by atoms with Crippen LogP contribution in [0.3, 0.4) is 0 Å². The van der Waals surface area contributed by atoms with E-state index < -0.39 is 9.84 Å². The molecule has 5 heteroatoms. The fourth-order valence-corrected chi connectivity index (χ4v) is 2.68. The minimum atomic E-state index is -3.23. The van der Waals surface area contributed by atoms with Crippen LogP contribution in [0.25, 0.3) is 0 Å². The minimum absolute atomic E-state index is 0.243. The summed E-state index contributed by atoms with van der Waals surface area (Å²) in [6, 6.07) is 14.5. The molecular weight excluding hydrogens is 274 g/mol. The van der Waals surface area contributed by atoms with Crippen molar-refractivity contribution in [1.82, 2.24) is 0 Å². The monoisotopic (exact) mass is 287 g/mol. The van der Waals surface area contributed by atoms with E-state index in [9.17, 15) is 8.42 Å². The summed E-state index contributed by atoms with van der Waals surface area (Å²) in [5.74, 6) is 0.591. The summed E-state index contributed by atoms with van der Waals surface area (Å²) in [5, 5.41) is 0. The van der Waals surface area contributed by atoms with Crippen LogP contribution in [0.15, 0.2) is 58.4 Å². The van der Waals surface area contributed by atoms with Gasteiger partial charge >= 0.3 is 0 Å². The van der Waals surface area contributed by atoms with E-state index in [-0.39, 0.29) is 11.0 Å². The Labute approximate surface area is 117 Å². The molecule has 0 N–H and O–H groups in total. The molecule has 0 spiro atoms. The van der Waals surface area contributed by atoms with Crippen molar-refractivity contribution >= 4 is 21.7 Å². The quantitative estimate of drug-likeness (QED) is 0.853. The van der Waals surface area contributed by atoms with Crippen LogP contribution < -0.4 is 4.74 Å². The van der Waals surface area contributed by atoms with Crippen LogP contribution in [-0.2, 0) is 9.84 Å². The van der Waals surface area contributed by atoms with Crippen LogP contribution in [0.1, 0.15) is 11.7 Å². The molecule has 20 heavy (non-hydrogen) atoms. The highest BCUT2D eigenvalue weighted by atomic mass is 32.2. The predicted molar refractivity (Wildman–Crippen MR) is 77.5 cm³/mol. The highest BCUT2D eigenvalue weighted by Crippen LogP contribution is 2.36. The number of fused-ring (bicyclic) bond motifs is 1. The van der Waals surface area contributed by atoms with Crippen molar-refractivity contribution in [3.8, 4) is 5.75 Å². The summed E-state index contributed by atoms with van der Waals surface area (Å²) >= 11 is 0. The number of ether oxygens (including phenoxy) is 1. The zero-order valence-corrected chi connectivity index (χ0v) is 11.7. The largest absolute Gasteiger partial charge is 0.478 e. The van der Waals surface area contributed by atoms with Crippen molar-refractivity contribution in [1.29, 1.82) is 0 Å². The molecule has 0 radical (unpaired) electrons. The molecule has 1 aliphatic heterocycles. The number of sulfone groups is 1. The molecule has 1 heterocycles. The molecule has 1 unspecified atom stereocenters. The Hall–Kier alpha value is -2.14. The Bertz CT molecular complexity index is 767. The van der Waals surface area contributed by atoms with Gasteiger partial charge in [-0.3, -0.25) is 4.99 Å². The van der Waals surface area contributed by atoms with Gasteiger partial charge in [-0.1, -0.05) is 30.3 Å². The molecule has 2 aromatic rings. The molecule has 0 bridgehead atoms. The molecule has 0 saturated carbocycles. The van der Waals surface area contributed by atoms with Gasteiger partial charge in [0.2, 0.25) is 0 Å². The molecule has 0 fully saturated rings. The van der Waals surface area contributed by atoms with Crippen molar-refractivity contribution in [2.24, 2.45) is 4.99 Å². The molecule has 3 rings (SSSR count). The summed E-state index contributed by atoms with van der Waals surface area (Å²) in [5.41, 5.74) is 1.55. The zero-order chi connectivity index (χ0) is 14.2. The molecule has 4 nitrogen and oxygen atoms in total. The van der Waals surface area contributed by atoms with Gasteiger partial charge in [-0.05, 0) is 23.8 Å². The van der Waals surface area contributed by atoms with Gasteiger partial charge < -0.3 is 4.74 Å². The molecular formula is C15H13NO3S. The van der Waals surface area contributed by atoms with E-state index in [0.717, 1.165) is 5.56 Å². The third kappa shape index (κ3) is 2.44. The molecule has 0 saturated heterocycles. The summed E-state index contributed by atoms with van der Waals surface area (Å²) in [7, 11) is -3.23. The standard InChI is InChI=1S/C15H13NO3S/c1-20(17,18)12-7-8-14-13(9-12)16-10-15(19-14)11-5-3-2-4-6-11/h2-10,15H,1H3. The summed E-state index contributed by atoms with van der Waals surface area (Å²) < 4.78 is 28.9. The fourth-order valence-electron chi connectivity index (χ4n) is 2.04. The lowest BCUT2D eigenvalue weighted by atomic mass is 10.1. The first kappa shape index (κ1) is 12.9. The van der Waals surface area contributed by atoms with Crippen LogP contribution in [0, 0.1) is 0 Å². The molecule has 0 aromatic heterocycles. The molecule has 2 aromatic carbocycles. The highest BCUT2D eigenvalue weighted by molar-refractivity contribution is 7.90. The molecule has 0 amide bonds. The summed E-state index contributed by atoms with van der Waals surface area (Å²) in [6.45, 7) is 0.